The van der Waals surface area contributed by atoms with E-state index in [4.69, 9.17) is 0 Å². The van der Waals surface area contributed by atoms with E-state index in [0.717, 1.165) is 27.2 Å². The number of rotatable bonds is 1. The van der Waals surface area contributed by atoms with Crippen LogP contribution < -0.4 is 0 Å². The average Bonchev–Trinajstić information content (AvgIpc) is 2.33. The van der Waals surface area contributed by atoms with Crippen molar-refractivity contribution in [3.63, 3.8) is 0 Å². The highest BCUT2D eigenvalue weighted by Crippen LogP contribution is 2.27. The summed E-state index contributed by atoms with van der Waals surface area (Å²) in [7, 11) is 0. The van der Waals surface area contributed by atoms with Gasteiger partial charge in [-0.3, -0.25) is 0 Å². The summed E-state index contributed by atoms with van der Waals surface area (Å²) in [6.07, 6.45) is 0. The van der Waals surface area contributed by atoms with Crippen molar-refractivity contribution in [1.29, 1.82) is 0 Å². The van der Waals surface area contributed by atoms with E-state index in [-0.39, 0.29) is 5.41 Å². The zero-order valence-corrected chi connectivity index (χ0v) is 13.7. The summed E-state index contributed by atoms with van der Waals surface area (Å²) in [5.74, 6) is 0. The lowest BCUT2D eigenvalue weighted by molar-refractivity contribution is 0.590. The fraction of sp³-hybridized carbons (Fsp3) is 0.375. The Morgan fingerprint density at radius 1 is 0.895 bits per heavy atom. The van der Waals surface area contributed by atoms with Crippen LogP contribution in [-0.2, 0) is 5.41 Å². The van der Waals surface area contributed by atoms with Crippen LogP contribution in [0.5, 0.6) is 0 Å². The Morgan fingerprint density at radius 3 is 2.00 bits per heavy atom. The van der Waals surface area contributed by atoms with Crippen molar-refractivity contribution in [3.8, 4) is 11.3 Å². The lowest BCUT2D eigenvalue weighted by Gasteiger charge is -2.19. The molecule has 2 nitrogen and oxygen atoms in total. The van der Waals surface area contributed by atoms with Crippen molar-refractivity contribution in [2.75, 3.05) is 0 Å². The van der Waals surface area contributed by atoms with Gasteiger partial charge in [0.05, 0.1) is 17.1 Å². The number of halogens is 1. The van der Waals surface area contributed by atoms with Crippen LogP contribution in [0, 0.1) is 13.8 Å². The molecule has 0 spiro atoms. The SMILES string of the molecule is Cc1nc(-c2ccc(C(C)(C)C)cc2)c(C)nc1Br. The molecule has 0 bridgehead atoms. The Balaban J connectivity index is 2.46. The van der Waals surface area contributed by atoms with Gasteiger partial charge in [0.2, 0.25) is 0 Å². The van der Waals surface area contributed by atoms with Gasteiger partial charge in [-0.25, -0.2) is 9.97 Å². The number of aryl methyl sites for hydroxylation is 2. The first-order valence-electron chi connectivity index (χ1n) is 6.40. The highest BCUT2D eigenvalue weighted by molar-refractivity contribution is 9.10. The first-order chi connectivity index (χ1) is 8.79. The molecule has 1 aromatic heterocycles. The number of hydrogen-bond acceptors (Lipinski definition) is 2. The lowest BCUT2D eigenvalue weighted by Crippen LogP contribution is -2.10. The zero-order valence-electron chi connectivity index (χ0n) is 12.1. The second kappa shape index (κ2) is 5.04. The van der Waals surface area contributed by atoms with Gasteiger partial charge in [-0.15, -0.1) is 0 Å². The molecule has 1 heterocycles. The van der Waals surface area contributed by atoms with Crippen LogP contribution in [-0.4, -0.2) is 9.97 Å². The highest BCUT2D eigenvalue weighted by Gasteiger charge is 2.14. The van der Waals surface area contributed by atoms with Crippen LogP contribution in [0.25, 0.3) is 11.3 Å². The molecule has 0 saturated heterocycles. The van der Waals surface area contributed by atoms with Gasteiger partial charge in [0, 0.05) is 5.56 Å². The van der Waals surface area contributed by atoms with E-state index in [1.165, 1.54) is 5.56 Å². The molecule has 0 aliphatic heterocycles. The van der Waals surface area contributed by atoms with Crippen LogP contribution in [0.4, 0.5) is 0 Å². The summed E-state index contributed by atoms with van der Waals surface area (Å²) in [5, 5.41) is 0. The monoisotopic (exact) mass is 318 g/mol. The van der Waals surface area contributed by atoms with E-state index in [1.54, 1.807) is 0 Å². The Labute approximate surface area is 123 Å². The van der Waals surface area contributed by atoms with Crippen molar-refractivity contribution < 1.29 is 0 Å². The molecule has 0 aliphatic carbocycles. The van der Waals surface area contributed by atoms with E-state index in [1.807, 2.05) is 13.8 Å². The Kier molecular flexibility index (Phi) is 3.77. The molecule has 2 rings (SSSR count). The zero-order chi connectivity index (χ0) is 14.2. The Bertz CT molecular complexity index is 595. The minimum Gasteiger partial charge on any atom is -0.248 e. The third kappa shape index (κ3) is 3.03. The molecule has 0 radical (unpaired) electrons. The summed E-state index contributed by atoms with van der Waals surface area (Å²) in [6.45, 7) is 10.6. The van der Waals surface area contributed by atoms with E-state index in [0.29, 0.717) is 0 Å². The fourth-order valence-electron chi connectivity index (χ4n) is 1.98. The van der Waals surface area contributed by atoms with Gasteiger partial charge < -0.3 is 0 Å². The topological polar surface area (TPSA) is 25.8 Å². The molecule has 0 N–H and O–H groups in total. The number of hydrogen-bond donors (Lipinski definition) is 0. The summed E-state index contributed by atoms with van der Waals surface area (Å²) in [5.41, 5.74) is 5.45. The number of aromatic nitrogens is 2. The molecule has 0 fully saturated rings. The Hall–Kier alpha value is -1.22. The predicted molar refractivity (Wildman–Crippen MR) is 83.3 cm³/mol. The molecule has 0 unspecified atom stereocenters. The molecule has 100 valence electrons. The molecule has 0 saturated carbocycles. The Morgan fingerprint density at radius 2 is 1.47 bits per heavy atom. The van der Waals surface area contributed by atoms with Gasteiger partial charge >= 0.3 is 0 Å². The molecule has 3 heteroatoms. The minimum atomic E-state index is 0.175. The molecular weight excluding hydrogens is 300 g/mol. The van der Waals surface area contributed by atoms with E-state index >= 15 is 0 Å². The van der Waals surface area contributed by atoms with E-state index in [2.05, 4.69) is 70.9 Å². The van der Waals surface area contributed by atoms with Crippen molar-refractivity contribution in [2.45, 2.75) is 40.0 Å². The molecule has 19 heavy (non-hydrogen) atoms. The predicted octanol–water partition coefficient (Wildman–Crippen LogP) is 4.82. The van der Waals surface area contributed by atoms with Gasteiger partial charge in [-0.05, 0) is 40.8 Å². The summed E-state index contributed by atoms with van der Waals surface area (Å²) in [6, 6.07) is 8.61. The number of nitrogens with zero attached hydrogens (tertiary/aromatic N) is 2. The third-order valence-electron chi connectivity index (χ3n) is 3.21. The smallest absolute Gasteiger partial charge is 0.127 e. The first-order valence-corrected chi connectivity index (χ1v) is 7.20. The minimum absolute atomic E-state index is 0.175. The van der Waals surface area contributed by atoms with Crippen LogP contribution in [0.2, 0.25) is 0 Å². The fourth-order valence-corrected chi connectivity index (χ4v) is 2.33. The maximum absolute atomic E-state index is 4.62. The van der Waals surface area contributed by atoms with Gasteiger partial charge in [-0.2, -0.15) is 0 Å². The highest BCUT2D eigenvalue weighted by atomic mass is 79.9. The summed E-state index contributed by atoms with van der Waals surface area (Å²) >= 11 is 3.42. The molecule has 0 amide bonds. The van der Waals surface area contributed by atoms with Crippen LogP contribution >= 0.6 is 15.9 Å². The molecular formula is C16H19BrN2. The van der Waals surface area contributed by atoms with E-state index < -0.39 is 0 Å². The standard InChI is InChI=1S/C16H19BrN2/c1-10-14(18-11(2)15(17)19-10)12-6-8-13(9-7-12)16(3,4)5/h6-9H,1-5H3. The van der Waals surface area contributed by atoms with Gasteiger partial charge in [0.1, 0.15) is 4.60 Å². The lowest BCUT2D eigenvalue weighted by atomic mass is 9.86. The average molecular weight is 319 g/mol. The normalized spacial score (nSPS) is 11.7. The van der Waals surface area contributed by atoms with Crippen molar-refractivity contribution in [1.82, 2.24) is 9.97 Å². The van der Waals surface area contributed by atoms with Gasteiger partial charge in [-0.1, -0.05) is 45.0 Å². The molecule has 0 aliphatic rings. The summed E-state index contributed by atoms with van der Waals surface area (Å²) in [4.78, 5) is 9.10. The van der Waals surface area contributed by atoms with Crippen molar-refractivity contribution in [3.05, 3.63) is 45.8 Å². The van der Waals surface area contributed by atoms with Crippen LogP contribution in [0.3, 0.4) is 0 Å². The molecule has 1 aromatic carbocycles. The second-order valence-corrected chi connectivity index (χ2v) is 6.61. The summed E-state index contributed by atoms with van der Waals surface area (Å²) < 4.78 is 0.820. The quantitative estimate of drug-likeness (QED) is 0.753. The van der Waals surface area contributed by atoms with Crippen molar-refractivity contribution in [2.24, 2.45) is 0 Å². The van der Waals surface area contributed by atoms with Crippen LogP contribution in [0.1, 0.15) is 37.7 Å². The second-order valence-electron chi connectivity index (χ2n) is 5.86. The molecule has 2 aromatic rings. The number of benzene rings is 1. The van der Waals surface area contributed by atoms with Gasteiger partial charge in [0.25, 0.3) is 0 Å². The van der Waals surface area contributed by atoms with E-state index in [9.17, 15) is 0 Å². The maximum atomic E-state index is 4.62. The molecule has 0 atom stereocenters. The third-order valence-corrected chi connectivity index (χ3v) is 3.96. The first kappa shape index (κ1) is 14.2. The van der Waals surface area contributed by atoms with Gasteiger partial charge in [0.15, 0.2) is 0 Å². The maximum Gasteiger partial charge on any atom is 0.127 e. The van der Waals surface area contributed by atoms with Crippen molar-refractivity contribution >= 4 is 15.9 Å². The van der Waals surface area contributed by atoms with Crippen LogP contribution in [0.15, 0.2) is 28.9 Å². The largest absolute Gasteiger partial charge is 0.248 e.